The maximum Gasteiger partial charge on any atom is 0.254 e. The average Bonchev–Trinajstić information content (AvgIpc) is 3.08. The van der Waals surface area contributed by atoms with Crippen LogP contribution in [-0.2, 0) is 0 Å². The summed E-state index contributed by atoms with van der Waals surface area (Å²) >= 11 is 3.39. The first-order chi connectivity index (χ1) is 8.04. The predicted octanol–water partition coefficient (Wildman–Crippen LogP) is 2.96. The molecule has 1 aliphatic carbocycles. The van der Waals surface area contributed by atoms with Crippen molar-refractivity contribution in [3.8, 4) is 0 Å². The number of carbonyl (C=O) groups is 1. The molecule has 0 atom stereocenters. The van der Waals surface area contributed by atoms with Gasteiger partial charge in [0.25, 0.3) is 5.91 Å². The van der Waals surface area contributed by atoms with Gasteiger partial charge in [0, 0.05) is 28.3 Å². The Balaban J connectivity index is 2.35. The molecule has 0 radical (unpaired) electrons. The first-order valence-corrected chi connectivity index (χ1v) is 6.70. The highest BCUT2D eigenvalue weighted by Gasteiger charge is 2.32. The lowest BCUT2D eigenvalue weighted by atomic mass is 10.1. The maximum absolute atomic E-state index is 12.4. The van der Waals surface area contributed by atoms with E-state index >= 15 is 0 Å². The molecule has 3 nitrogen and oxygen atoms in total. The highest BCUT2D eigenvalue weighted by molar-refractivity contribution is 9.10. The van der Waals surface area contributed by atoms with E-state index in [2.05, 4.69) is 15.9 Å². The molecular weight excluding hydrogens is 280 g/mol. The van der Waals surface area contributed by atoms with E-state index in [1.54, 1.807) is 0 Å². The van der Waals surface area contributed by atoms with Crippen molar-refractivity contribution in [1.29, 1.82) is 0 Å². The number of carbonyl (C=O) groups excluding carboxylic acids is 1. The van der Waals surface area contributed by atoms with Crippen LogP contribution in [0, 0.1) is 6.92 Å². The second-order valence-corrected chi connectivity index (χ2v) is 5.41. The van der Waals surface area contributed by atoms with Crippen LogP contribution in [0.2, 0.25) is 0 Å². The predicted molar refractivity (Wildman–Crippen MR) is 73.0 cm³/mol. The van der Waals surface area contributed by atoms with Gasteiger partial charge in [0.2, 0.25) is 0 Å². The van der Waals surface area contributed by atoms with E-state index in [-0.39, 0.29) is 5.91 Å². The van der Waals surface area contributed by atoms with E-state index in [0.717, 1.165) is 29.4 Å². The number of nitrogens with zero attached hydrogens (tertiary/aromatic N) is 1. The number of rotatable bonds is 3. The van der Waals surface area contributed by atoms with Crippen LogP contribution >= 0.6 is 15.9 Å². The van der Waals surface area contributed by atoms with Crippen LogP contribution in [0.3, 0.4) is 0 Å². The monoisotopic (exact) mass is 296 g/mol. The molecule has 1 aliphatic rings. The van der Waals surface area contributed by atoms with Crippen molar-refractivity contribution in [3.05, 3.63) is 27.7 Å². The van der Waals surface area contributed by atoms with Crippen molar-refractivity contribution in [2.75, 3.05) is 12.3 Å². The SMILES string of the molecule is CCN(C(=O)c1cc(Br)cc(N)c1C)C1CC1. The topological polar surface area (TPSA) is 46.3 Å². The molecular formula is C13H17BrN2O. The third-order valence-corrected chi connectivity index (χ3v) is 3.69. The number of amides is 1. The molecule has 1 fully saturated rings. The number of hydrogen-bond donors (Lipinski definition) is 1. The van der Waals surface area contributed by atoms with Crippen LogP contribution in [0.15, 0.2) is 16.6 Å². The molecule has 2 rings (SSSR count). The zero-order valence-electron chi connectivity index (χ0n) is 10.2. The first kappa shape index (κ1) is 12.4. The van der Waals surface area contributed by atoms with Gasteiger partial charge in [-0.3, -0.25) is 4.79 Å². The lowest BCUT2D eigenvalue weighted by molar-refractivity contribution is 0.0752. The van der Waals surface area contributed by atoms with E-state index in [0.29, 0.717) is 17.3 Å². The summed E-state index contributed by atoms with van der Waals surface area (Å²) in [5, 5.41) is 0. The third kappa shape index (κ3) is 2.46. The molecule has 1 saturated carbocycles. The lowest BCUT2D eigenvalue weighted by Crippen LogP contribution is -2.33. The number of halogens is 1. The molecule has 0 heterocycles. The van der Waals surface area contributed by atoms with Gasteiger partial charge in [-0.05, 0) is 44.4 Å². The van der Waals surface area contributed by atoms with Crippen molar-refractivity contribution >= 4 is 27.5 Å². The summed E-state index contributed by atoms with van der Waals surface area (Å²) in [6.07, 6.45) is 2.25. The Morgan fingerprint density at radius 2 is 2.18 bits per heavy atom. The number of hydrogen-bond acceptors (Lipinski definition) is 2. The van der Waals surface area contributed by atoms with Crippen molar-refractivity contribution in [3.63, 3.8) is 0 Å². The van der Waals surface area contributed by atoms with E-state index in [4.69, 9.17) is 5.73 Å². The third-order valence-electron chi connectivity index (χ3n) is 3.23. The van der Waals surface area contributed by atoms with Gasteiger partial charge in [-0.25, -0.2) is 0 Å². The summed E-state index contributed by atoms with van der Waals surface area (Å²) in [6.45, 7) is 4.68. The zero-order valence-corrected chi connectivity index (χ0v) is 11.8. The van der Waals surface area contributed by atoms with E-state index in [9.17, 15) is 4.79 Å². The van der Waals surface area contributed by atoms with E-state index < -0.39 is 0 Å². The average molecular weight is 297 g/mol. The summed E-state index contributed by atoms with van der Waals surface area (Å²) in [5.41, 5.74) is 8.14. The minimum Gasteiger partial charge on any atom is -0.398 e. The van der Waals surface area contributed by atoms with Crippen LogP contribution in [0.5, 0.6) is 0 Å². The largest absolute Gasteiger partial charge is 0.398 e. The lowest BCUT2D eigenvalue weighted by Gasteiger charge is -2.22. The Morgan fingerprint density at radius 1 is 1.53 bits per heavy atom. The molecule has 1 amide bonds. The fraction of sp³-hybridized carbons (Fsp3) is 0.462. The molecule has 0 aromatic heterocycles. The van der Waals surface area contributed by atoms with Crippen molar-refractivity contribution in [2.24, 2.45) is 0 Å². The molecule has 2 N–H and O–H groups in total. The molecule has 4 heteroatoms. The van der Waals surface area contributed by atoms with Gasteiger partial charge in [0.1, 0.15) is 0 Å². The summed E-state index contributed by atoms with van der Waals surface area (Å²) in [4.78, 5) is 14.4. The molecule has 0 aliphatic heterocycles. The normalized spacial score (nSPS) is 14.8. The van der Waals surface area contributed by atoms with E-state index in [1.165, 1.54) is 0 Å². The second-order valence-electron chi connectivity index (χ2n) is 4.49. The molecule has 0 spiro atoms. The van der Waals surface area contributed by atoms with Gasteiger partial charge in [-0.1, -0.05) is 15.9 Å². The fourth-order valence-electron chi connectivity index (χ4n) is 2.03. The standard InChI is InChI=1S/C13H17BrN2O/c1-3-16(10-4-5-10)13(17)11-6-9(14)7-12(15)8(11)2/h6-7,10H,3-5,15H2,1-2H3. The van der Waals surface area contributed by atoms with Gasteiger partial charge in [0.15, 0.2) is 0 Å². The van der Waals surface area contributed by atoms with Gasteiger partial charge >= 0.3 is 0 Å². The van der Waals surface area contributed by atoms with Crippen LogP contribution in [0.4, 0.5) is 5.69 Å². The quantitative estimate of drug-likeness (QED) is 0.872. The van der Waals surface area contributed by atoms with Crippen LogP contribution in [0.25, 0.3) is 0 Å². The minimum atomic E-state index is 0.0977. The Bertz CT molecular complexity index is 455. The Morgan fingerprint density at radius 3 is 2.71 bits per heavy atom. The summed E-state index contributed by atoms with van der Waals surface area (Å²) in [5.74, 6) is 0.0977. The van der Waals surface area contributed by atoms with Gasteiger partial charge in [-0.15, -0.1) is 0 Å². The number of nitrogens with two attached hydrogens (primary N) is 1. The van der Waals surface area contributed by atoms with Crippen molar-refractivity contribution < 1.29 is 4.79 Å². The Labute approximate surface area is 110 Å². The maximum atomic E-state index is 12.4. The Kier molecular flexibility index (Phi) is 3.43. The zero-order chi connectivity index (χ0) is 12.6. The number of anilines is 1. The van der Waals surface area contributed by atoms with Gasteiger partial charge < -0.3 is 10.6 Å². The summed E-state index contributed by atoms with van der Waals surface area (Å²) in [6, 6.07) is 4.13. The number of nitrogen functional groups attached to an aromatic ring is 1. The summed E-state index contributed by atoms with van der Waals surface area (Å²) < 4.78 is 0.857. The Hall–Kier alpha value is -1.03. The smallest absolute Gasteiger partial charge is 0.254 e. The molecule has 0 unspecified atom stereocenters. The van der Waals surface area contributed by atoms with E-state index in [1.807, 2.05) is 30.9 Å². The fourth-order valence-corrected chi connectivity index (χ4v) is 2.51. The van der Waals surface area contributed by atoms with Crippen LogP contribution < -0.4 is 5.73 Å². The van der Waals surface area contributed by atoms with Crippen molar-refractivity contribution in [2.45, 2.75) is 32.7 Å². The molecule has 0 saturated heterocycles. The molecule has 1 aromatic rings. The molecule has 17 heavy (non-hydrogen) atoms. The first-order valence-electron chi connectivity index (χ1n) is 5.91. The second kappa shape index (κ2) is 4.69. The molecule has 0 bridgehead atoms. The minimum absolute atomic E-state index is 0.0977. The highest BCUT2D eigenvalue weighted by Crippen LogP contribution is 2.30. The molecule has 1 aromatic carbocycles. The van der Waals surface area contributed by atoms with Gasteiger partial charge in [-0.2, -0.15) is 0 Å². The van der Waals surface area contributed by atoms with Crippen LogP contribution in [-0.4, -0.2) is 23.4 Å². The highest BCUT2D eigenvalue weighted by atomic mass is 79.9. The summed E-state index contributed by atoms with van der Waals surface area (Å²) in [7, 11) is 0. The van der Waals surface area contributed by atoms with Crippen LogP contribution in [0.1, 0.15) is 35.7 Å². The number of benzene rings is 1. The van der Waals surface area contributed by atoms with Gasteiger partial charge in [0.05, 0.1) is 0 Å². The van der Waals surface area contributed by atoms with Crippen molar-refractivity contribution in [1.82, 2.24) is 4.90 Å². The molecule has 92 valence electrons.